The van der Waals surface area contributed by atoms with Crippen LogP contribution in [0.15, 0.2) is 54.2 Å². The highest BCUT2D eigenvalue weighted by Gasteiger charge is 2.13. The summed E-state index contributed by atoms with van der Waals surface area (Å²) in [4.78, 5) is 23.4. The number of benzene rings is 2. The van der Waals surface area contributed by atoms with Gasteiger partial charge in [0.05, 0.1) is 12.1 Å². The molecule has 0 spiro atoms. The van der Waals surface area contributed by atoms with Gasteiger partial charge in [-0.1, -0.05) is 35.9 Å². The van der Waals surface area contributed by atoms with Gasteiger partial charge in [-0.2, -0.15) is 0 Å². The Kier molecular flexibility index (Phi) is 5.38. The largest absolute Gasteiger partial charge is 0.495 e. The molecule has 1 amide bonds. The number of carboxylic acids is 1. The van der Waals surface area contributed by atoms with Gasteiger partial charge >= 0.3 is 5.97 Å². The van der Waals surface area contributed by atoms with Gasteiger partial charge in [0.1, 0.15) is 11.4 Å². The predicted octanol–water partition coefficient (Wildman–Crippen LogP) is 3.20. The molecule has 2 aromatic carbocycles. The zero-order valence-electron chi connectivity index (χ0n) is 12.2. The summed E-state index contributed by atoms with van der Waals surface area (Å²) in [5.41, 5.74) is 0.647. The predicted molar refractivity (Wildman–Crippen MR) is 87.5 cm³/mol. The number of rotatable bonds is 5. The van der Waals surface area contributed by atoms with E-state index in [-0.39, 0.29) is 5.70 Å². The van der Waals surface area contributed by atoms with E-state index in [1.807, 2.05) is 0 Å². The summed E-state index contributed by atoms with van der Waals surface area (Å²) in [5.74, 6) is -1.27. The lowest BCUT2D eigenvalue weighted by atomic mass is 10.1. The maximum Gasteiger partial charge on any atom is 0.352 e. The lowest BCUT2D eigenvalue weighted by molar-refractivity contribution is -0.132. The molecule has 0 radical (unpaired) electrons. The number of aliphatic carboxylic acids is 1. The molecule has 0 unspecified atom stereocenters. The number of carbonyl (C=O) groups excluding carboxylic acids is 1. The van der Waals surface area contributed by atoms with E-state index in [0.717, 1.165) is 0 Å². The first-order valence-corrected chi connectivity index (χ1v) is 7.04. The molecule has 0 aliphatic carbocycles. The summed E-state index contributed by atoms with van der Waals surface area (Å²) in [6, 6.07) is 13.2. The third-order valence-corrected chi connectivity index (χ3v) is 3.30. The van der Waals surface area contributed by atoms with Gasteiger partial charge in [0, 0.05) is 5.56 Å². The highest BCUT2D eigenvalue weighted by Crippen LogP contribution is 2.25. The SMILES string of the molecule is COc1ccc(/C=C(/NC(=O)c2ccccc2)C(=O)O)cc1Cl. The van der Waals surface area contributed by atoms with Crippen molar-refractivity contribution in [2.75, 3.05) is 7.11 Å². The maximum absolute atomic E-state index is 12.1. The summed E-state index contributed by atoms with van der Waals surface area (Å²) in [7, 11) is 1.49. The fourth-order valence-electron chi connectivity index (χ4n) is 1.87. The molecule has 0 saturated carbocycles. The van der Waals surface area contributed by atoms with Crippen LogP contribution in [-0.2, 0) is 4.79 Å². The fourth-order valence-corrected chi connectivity index (χ4v) is 2.14. The van der Waals surface area contributed by atoms with Crippen LogP contribution < -0.4 is 10.1 Å². The van der Waals surface area contributed by atoms with E-state index in [4.69, 9.17) is 16.3 Å². The molecule has 0 aliphatic heterocycles. The van der Waals surface area contributed by atoms with E-state index < -0.39 is 11.9 Å². The number of hydrogen-bond donors (Lipinski definition) is 2. The molecule has 118 valence electrons. The lowest BCUT2D eigenvalue weighted by Gasteiger charge is -2.07. The zero-order valence-corrected chi connectivity index (χ0v) is 13.0. The maximum atomic E-state index is 12.1. The fraction of sp³-hybridized carbons (Fsp3) is 0.0588. The lowest BCUT2D eigenvalue weighted by Crippen LogP contribution is -2.27. The molecule has 0 aromatic heterocycles. The first kappa shape index (κ1) is 16.6. The van der Waals surface area contributed by atoms with E-state index in [1.165, 1.54) is 13.2 Å². The van der Waals surface area contributed by atoms with Crippen molar-refractivity contribution in [2.24, 2.45) is 0 Å². The van der Waals surface area contributed by atoms with Crippen LogP contribution in [-0.4, -0.2) is 24.1 Å². The number of ether oxygens (including phenoxy) is 1. The standard InChI is InChI=1S/C17H14ClNO4/c1-23-15-8-7-11(9-13(15)18)10-14(17(21)22)19-16(20)12-5-3-2-4-6-12/h2-10H,1H3,(H,19,20)(H,21,22)/b14-10+. The van der Waals surface area contributed by atoms with Crippen LogP contribution in [0.1, 0.15) is 15.9 Å². The molecular weight excluding hydrogens is 318 g/mol. The van der Waals surface area contributed by atoms with Crippen molar-refractivity contribution in [2.45, 2.75) is 0 Å². The number of methoxy groups -OCH3 is 1. The molecule has 0 atom stereocenters. The minimum absolute atomic E-state index is 0.250. The van der Waals surface area contributed by atoms with Crippen LogP contribution in [0.4, 0.5) is 0 Å². The number of hydrogen-bond acceptors (Lipinski definition) is 3. The first-order chi connectivity index (χ1) is 11.0. The Balaban J connectivity index is 2.26. The number of amides is 1. The Hall–Kier alpha value is -2.79. The molecule has 0 heterocycles. The smallest absolute Gasteiger partial charge is 0.352 e. The van der Waals surface area contributed by atoms with Crippen molar-refractivity contribution in [3.05, 3.63) is 70.4 Å². The van der Waals surface area contributed by atoms with Crippen LogP contribution in [0.5, 0.6) is 5.75 Å². The number of halogens is 1. The molecule has 0 aliphatic rings. The van der Waals surface area contributed by atoms with Gasteiger partial charge in [0.2, 0.25) is 0 Å². The van der Waals surface area contributed by atoms with E-state index >= 15 is 0 Å². The zero-order chi connectivity index (χ0) is 16.8. The Bertz CT molecular complexity index is 756. The molecule has 0 saturated heterocycles. The summed E-state index contributed by atoms with van der Waals surface area (Å²) < 4.78 is 5.04. The Labute approximate surface area is 138 Å². The minimum atomic E-state index is -1.25. The van der Waals surface area contributed by atoms with Crippen LogP contribution in [0.2, 0.25) is 5.02 Å². The van der Waals surface area contributed by atoms with Gasteiger partial charge in [-0.3, -0.25) is 4.79 Å². The Morgan fingerprint density at radius 2 is 1.87 bits per heavy atom. The molecule has 6 heteroatoms. The molecule has 0 bridgehead atoms. The van der Waals surface area contributed by atoms with Crippen LogP contribution >= 0.6 is 11.6 Å². The van der Waals surface area contributed by atoms with Crippen molar-refractivity contribution >= 4 is 29.6 Å². The number of nitrogens with one attached hydrogen (secondary N) is 1. The Morgan fingerprint density at radius 1 is 1.17 bits per heavy atom. The van der Waals surface area contributed by atoms with Crippen molar-refractivity contribution in [1.29, 1.82) is 0 Å². The molecule has 0 fully saturated rings. The topological polar surface area (TPSA) is 75.6 Å². The summed E-state index contributed by atoms with van der Waals surface area (Å²) >= 11 is 6.01. The van der Waals surface area contributed by atoms with Crippen LogP contribution in [0.3, 0.4) is 0 Å². The quantitative estimate of drug-likeness (QED) is 0.825. The molecule has 2 N–H and O–H groups in total. The van der Waals surface area contributed by atoms with Gasteiger partial charge in [0.25, 0.3) is 5.91 Å². The molecule has 2 aromatic rings. The monoisotopic (exact) mass is 331 g/mol. The second-order valence-corrected chi connectivity index (χ2v) is 4.98. The molecule has 2 rings (SSSR count). The van der Waals surface area contributed by atoms with Crippen LogP contribution in [0, 0.1) is 0 Å². The highest BCUT2D eigenvalue weighted by atomic mass is 35.5. The average molecular weight is 332 g/mol. The average Bonchev–Trinajstić information content (AvgIpc) is 2.55. The third-order valence-electron chi connectivity index (χ3n) is 3.00. The normalized spacial score (nSPS) is 11.0. The summed E-state index contributed by atoms with van der Waals surface area (Å²) in [6.45, 7) is 0. The first-order valence-electron chi connectivity index (χ1n) is 6.66. The van der Waals surface area contributed by atoms with Crippen molar-refractivity contribution in [3.8, 4) is 5.75 Å². The molecule has 23 heavy (non-hydrogen) atoms. The van der Waals surface area contributed by atoms with E-state index in [0.29, 0.717) is 21.9 Å². The van der Waals surface area contributed by atoms with Gasteiger partial charge in [0.15, 0.2) is 0 Å². The van der Waals surface area contributed by atoms with Gasteiger partial charge in [-0.15, -0.1) is 0 Å². The van der Waals surface area contributed by atoms with E-state index in [9.17, 15) is 14.7 Å². The van der Waals surface area contributed by atoms with Crippen molar-refractivity contribution in [3.63, 3.8) is 0 Å². The van der Waals surface area contributed by atoms with Gasteiger partial charge < -0.3 is 15.2 Å². The number of carboxylic acid groups (broad SMARTS) is 1. The van der Waals surface area contributed by atoms with Crippen LogP contribution in [0.25, 0.3) is 6.08 Å². The minimum Gasteiger partial charge on any atom is -0.495 e. The summed E-state index contributed by atoms with van der Waals surface area (Å²) in [5, 5.41) is 12.0. The second-order valence-electron chi connectivity index (χ2n) is 4.58. The Morgan fingerprint density at radius 3 is 2.43 bits per heavy atom. The third kappa shape index (κ3) is 4.34. The molecular formula is C17H14ClNO4. The summed E-state index contributed by atoms with van der Waals surface area (Å²) in [6.07, 6.45) is 1.33. The second kappa shape index (κ2) is 7.47. The number of carbonyl (C=O) groups is 2. The van der Waals surface area contributed by atoms with Crippen molar-refractivity contribution in [1.82, 2.24) is 5.32 Å². The van der Waals surface area contributed by atoms with E-state index in [2.05, 4.69) is 5.32 Å². The van der Waals surface area contributed by atoms with Gasteiger partial charge in [-0.05, 0) is 35.9 Å². The molecule has 5 nitrogen and oxygen atoms in total. The van der Waals surface area contributed by atoms with Crippen molar-refractivity contribution < 1.29 is 19.4 Å². The van der Waals surface area contributed by atoms with E-state index in [1.54, 1.807) is 48.5 Å². The van der Waals surface area contributed by atoms with Gasteiger partial charge in [-0.25, -0.2) is 4.79 Å². The highest BCUT2D eigenvalue weighted by molar-refractivity contribution is 6.32.